The van der Waals surface area contributed by atoms with Gasteiger partial charge in [0.25, 0.3) is 10.0 Å². The minimum absolute atomic E-state index is 0.0341. The van der Waals surface area contributed by atoms with E-state index in [4.69, 9.17) is 0 Å². The van der Waals surface area contributed by atoms with Crippen LogP contribution in [0.2, 0.25) is 0 Å². The normalized spacial score (nSPS) is 12.2. The number of imidazole rings is 1. The number of hydrogen-bond acceptors (Lipinski definition) is 5. The molecular formula is C16H19FN4O2S2. The van der Waals surface area contributed by atoms with Gasteiger partial charge in [-0.1, -0.05) is 38.2 Å². The molecule has 0 unspecified atom stereocenters. The molecule has 0 spiro atoms. The van der Waals surface area contributed by atoms with Crippen molar-refractivity contribution in [3.05, 3.63) is 40.3 Å². The van der Waals surface area contributed by atoms with Crippen LogP contribution in [0.15, 0.2) is 23.2 Å². The first-order valence-corrected chi connectivity index (χ1v) is 10.2. The van der Waals surface area contributed by atoms with Crippen molar-refractivity contribution in [2.45, 2.75) is 45.1 Å². The Hall–Kier alpha value is -2.00. The number of fused-ring (bicyclic) bond motifs is 1. The SMILES string of the molecule is CCc1nc2sc(C(C)C)nn2c1S(=O)(=O)Nc1ccc(C)cc1F. The van der Waals surface area contributed by atoms with E-state index in [-0.39, 0.29) is 16.6 Å². The standard InChI is InChI=1S/C16H19FN4O2S2/c1-5-12-15(21-16(18-12)24-14(19-21)9(2)3)25(22,23)20-13-7-6-10(4)8-11(13)17/h6-9,20H,5H2,1-4H3. The highest BCUT2D eigenvalue weighted by molar-refractivity contribution is 7.92. The van der Waals surface area contributed by atoms with Crippen LogP contribution in [0.1, 0.15) is 43.0 Å². The molecular weight excluding hydrogens is 363 g/mol. The molecule has 0 amide bonds. The van der Waals surface area contributed by atoms with E-state index >= 15 is 0 Å². The van der Waals surface area contributed by atoms with Crippen molar-refractivity contribution in [3.8, 4) is 0 Å². The number of aryl methyl sites for hydroxylation is 2. The Morgan fingerprint density at radius 2 is 2.08 bits per heavy atom. The third-order valence-corrected chi connectivity index (χ3v) is 6.31. The summed E-state index contributed by atoms with van der Waals surface area (Å²) in [6.07, 6.45) is 0.430. The van der Waals surface area contributed by atoms with Gasteiger partial charge in [0.15, 0.2) is 0 Å². The van der Waals surface area contributed by atoms with Crippen LogP contribution in [0.4, 0.5) is 10.1 Å². The lowest BCUT2D eigenvalue weighted by Crippen LogP contribution is -2.18. The summed E-state index contributed by atoms with van der Waals surface area (Å²) in [5.41, 5.74) is 1.03. The van der Waals surface area contributed by atoms with Crippen molar-refractivity contribution < 1.29 is 12.8 Å². The molecule has 0 saturated heterocycles. The number of anilines is 1. The van der Waals surface area contributed by atoms with E-state index < -0.39 is 15.8 Å². The number of sulfonamides is 1. The van der Waals surface area contributed by atoms with Gasteiger partial charge in [0.2, 0.25) is 9.99 Å². The molecule has 0 bridgehead atoms. The van der Waals surface area contributed by atoms with Gasteiger partial charge in [0.1, 0.15) is 10.8 Å². The van der Waals surface area contributed by atoms with Crippen molar-refractivity contribution in [1.29, 1.82) is 0 Å². The molecule has 0 aliphatic carbocycles. The molecule has 0 radical (unpaired) electrons. The first kappa shape index (κ1) is 17.8. The second-order valence-corrected chi connectivity index (χ2v) is 8.68. The Kier molecular flexibility index (Phi) is 4.54. The molecule has 3 rings (SSSR count). The minimum Gasteiger partial charge on any atom is -0.275 e. The van der Waals surface area contributed by atoms with Crippen molar-refractivity contribution in [2.24, 2.45) is 0 Å². The zero-order chi connectivity index (χ0) is 18.4. The first-order valence-electron chi connectivity index (χ1n) is 7.90. The maximum Gasteiger partial charge on any atom is 0.281 e. The van der Waals surface area contributed by atoms with Gasteiger partial charge >= 0.3 is 0 Å². The van der Waals surface area contributed by atoms with Crippen molar-refractivity contribution in [2.75, 3.05) is 4.72 Å². The summed E-state index contributed by atoms with van der Waals surface area (Å²) in [4.78, 5) is 4.90. The summed E-state index contributed by atoms with van der Waals surface area (Å²) in [6.45, 7) is 7.52. The average Bonchev–Trinajstić information content (AvgIpc) is 3.06. The minimum atomic E-state index is -4.03. The number of nitrogens with zero attached hydrogens (tertiary/aromatic N) is 3. The lowest BCUT2D eigenvalue weighted by Gasteiger charge is -2.09. The molecule has 3 aromatic rings. The van der Waals surface area contributed by atoms with Crippen molar-refractivity contribution in [1.82, 2.24) is 14.6 Å². The topological polar surface area (TPSA) is 76.4 Å². The highest BCUT2D eigenvalue weighted by Crippen LogP contribution is 2.28. The van der Waals surface area contributed by atoms with E-state index in [9.17, 15) is 12.8 Å². The first-order chi connectivity index (χ1) is 11.7. The van der Waals surface area contributed by atoms with Crippen LogP contribution < -0.4 is 4.72 Å². The van der Waals surface area contributed by atoms with Crippen LogP contribution in [-0.2, 0) is 16.4 Å². The van der Waals surface area contributed by atoms with Crippen LogP contribution in [0.25, 0.3) is 4.96 Å². The fourth-order valence-corrected chi connectivity index (χ4v) is 4.80. The van der Waals surface area contributed by atoms with Crippen molar-refractivity contribution >= 4 is 32.0 Å². The van der Waals surface area contributed by atoms with Crippen LogP contribution in [-0.4, -0.2) is 23.0 Å². The van der Waals surface area contributed by atoms with Crippen LogP contribution >= 0.6 is 11.3 Å². The van der Waals surface area contributed by atoms with Gasteiger partial charge in [0.05, 0.1) is 11.4 Å². The number of halogens is 1. The molecule has 0 aliphatic rings. The highest BCUT2D eigenvalue weighted by atomic mass is 32.2. The molecule has 1 aromatic carbocycles. The number of hydrogen-bond donors (Lipinski definition) is 1. The van der Waals surface area contributed by atoms with Gasteiger partial charge in [-0.25, -0.2) is 9.37 Å². The third kappa shape index (κ3) is 3.25. The van der Waals surface area contributed by atoms with Gasteiger partial charge in [0, 0.05) is 5.92 Å². The summed E-state index contributed by atoms with van der Waals surface area (Å²) in [5, 5.41) is 5.15. The number of benzene rings is 1. The average molecular weight is 382 g/mol. The summed E-state index contributed by atoms with van der Waals surface area (Å²) < 4.78 is 43.5. The Morgan fingerprint density at radius 3 is 2.68 bits per heavy atom. The molecule has 0 atom stereocenters. The Labute approximate surface area is 149 Å². The van der Waals surface area contributed by atoms with E-state index in [1.807, 2.05) is 20.8 Å². The van der Waals surface area contributed by atoms with E-state index in [1.165, 1.54) is 28.0 Å². The van der Waals surface area contributed by atoms with E-state index in [1.54, 1.807) is 13.0 Å². The van der Waals surface area contributed by atoms with Gasteiger partial charge in [-0.2, -0.15) is 18.0 Å². The summed E-state index contributed by atoms with van der Waals surface area (Å²) in [6, 6.07) is 4.34. The quantitative estimate of drug-likeness (QED) is 0.729. The Morgan fingerprint density at radius 1 is 1.36 bits per heavy atom. The van der Waals surface area contributed by atoms with Crippen LogP contribution in [0, 0.1) is 12.7 Å². The lowest BCUT2D eigenvalue weighted by atomic mass is 10.2. The Balaban J connectivity index is 2.12. The zero-order valence-electron chi connectivity index (χ0n) is 14.4. The molecule has 2 heterocycles. The van der Waals surface area contributed by atoms with E-state index in [0.29, 0.717) is 22.6 Å². The van der Waals surface area contributed by atoms with Gasteiger partial charge in [-0.3, -0.25) is 4.72 Å². The third-order valence-electron chi connectivity index (χ3n) is 3.70. The van der Waals surface area contributed by atoms with Crippen molar-refractivity contribution in [3.63, 3.8) is 0 Å². The maximum absolute atomic E-state index is 14.1. The Bertz CT molecular complexity index is 1040. The molecule has 6 nitrogen and oxygen atoms in total. The molecule has 134 valence electrons. The molecule has 2 aromatic heterocycles. The molecule has 0 aliphatic heterocycles. The van der Waals surface area contributed by atoms with Gasteiger partial charge in [-0.05, 0) is 31.0 Å². The number of nitrogens with one attached hydrogen (secondary N) is 1. The summed E-state index contributed by atoms with van der Waals surface area (Å²) in [7, 11) is -4.03. The largest absolute Gasteiger partial charge is 0.281 e. The van der Waals surface area contributed by atoms with Crippen LogP contribution in [0.5, 0.6) is 0 Å². The summed E-state index contributed by atoms with van der Waals surface area (Å²) >= 11 is 1.36. The summed E-state index contributed by atoms with van der Waals surface area (Å²) in [5.74, 6) is -0.460. The van der Waals surface area contributed by atoms with Crippen LogP contribution in [0.3, 0.4) is 0 Å². The second kappa shape index (κ2) is 6.38. The van der Waals surface area contributed by atoms with Gasteiger partial charge < -0.3 is 0 Å². The smallest absolute Gasteiger partial charge is 0.275 e. The van der Waals surface area contributed by atoms with E-state index in [0.717, 1.165) is 5.01 Å². The van der Waals surface area contributed by atoms with E-state index in [2.05, 4.69) is 14.8 Å². The van der Waals surface area contributed by atoms with Gasteiger partial charge in [-0.15, -0.1) is 0 Å². The molecule has 9 heteroatoms. The number of rotatable bonds is 5. The fraction of sp³-hybridized carbons (Fsp3) is 0.375. The zero-order valence-corrected chi connectivity index (χ0v) is 16.0. The maximum atomic E-state index is 14.1. The molecule has 0 fully saturated rings. The lowest BCUT2D eigenvalue weighted by molar-refractivity contribution is 0.588. The predicted octanol–water partition coefficient (Wildman–Crippen LogP) is 3.72. The second-order valence-electron chi connectivity index (χ2n) is 6.10. The number of aromatic nitrogens is 3. The predicted molar refractivity (Wildman–Crippen MR) is 96.3 cm³/mol. The molecule has 0 saturated carbocycles. The molecule has 1 N–H and O–H groups in total. The fourth-order valence-electron chi connectivity index (χ4n) is 2.42. The monoisotopic (exact) mass is 382 g/mol. The molecule has 25 heavy (non-hydrogen) atoms. The highest BCUT2D eigenvalue weighted by Gasteiger charge is 2.28.